The first-order valence-electron chi connectivity index (χ1n) is 8.82. The topological polar surface area (TPSA) is 3.24 Å². The minimum Gasteiger partial charge on any atom is -0.294 e. The summed E-state index contributed by atoms with van der Waals surface area (Å²) in [6.07, 6.45) is 8.19. The maximum absolute atomic E-state index is 2.84. The van der Waals surface area contributed by atoms with Gasteiger partial charge in [0.15, 0.2) is 0 Å². The van der Waals surface area contributed by atoms with E-state index in [1.165, 1.54) is 51.6 Å². The van der Waals surface area contributed by atoms with Crippen molar-refractivity contribution in [1.82, 2.24) is 4.90 Å². The van der Waals surface area contributed by atoms with Crippen molar-refractivity contribution in [2.75, 3.05) is 13.1 Å². The Kier molecular flexibility index (Phi) is 4.14. The van der Waals surface area contributed by atoms with E-state index in [0.717, 1.165) is 5.92 Å². The lowest BCUT2D eigenvalue weighted by atomic mass is 9.61. The molecule has 0 aromatic heterocycles. The number of nitrogens with zero attached hydrogens (tertiary/aromatic N) is 1. The molecule has 1 nitrogen and oxygen atoms in total. The van der Waals surface area contributed by atoms with Crippen LogP contribution in [0.4, 0.5) is 0 Å². The number of hydrogen-bond donors (Lipinski definition) is 0. The summed E-state index contributed by atoms with van der Waals surface area (Å²) in [5, 5.41) is 0. The lowest BCUT2D eigenvalue weighted by Crippen LogP contribution is -2.54. The summed E-state index contributed by atoms with van der Waals surface area (Å²) in [7, 11) is 0. The molecule has 1 saturated carbocycles. The highest BCUT2D eigenvalue weighted by atomic mass is 15.2. The molecule has 0 bridgehead atoms. The van der Waals surface area contributed by atoms with Gasteiger partial charge in [0.05, 0.1) is 0 Å². The molecule has 21 heavy (non-hydrogen) atoms. The molecule has 1 aliphatic carbocycles. The summed E-state index contributed by atoms with van der Waals surface area (Å²) in [4.78, 5) is 2.84. The highest BCUT2D eigenvalue weighted by Gasteiger charge is 2.47. The molecule has 3 rings (SSSR count). The fourth-order valence-corrected chi connectivity index (χ4v) is 5.24. The van der Waals surface area contributed by atoms with Gasteiger partial charge in [0.1, 0.15) is 0 Å². The second kappa shape index (κ2) is 5.76. The standard InChI is InChI=1S/C20H31N/c1-17-14-19(2,3)16-20(15-17,18-10-6-4-7-11-18)21-12-8-5-9-13-21/h4,6-7,10-11,17H,5,8-9,12-16H2,1-3H3. The maximum atomic E-state index is 2.84. The summed E-state index contributed by atoms with van der Waals surface area (Å²) >= 11 is 0. The number of rotatable bonds is 2. The molecule has 2 atom stereocenters. The third-order valence-corrected chi connectivity index (χ3v) is 5.63. The van der Waals surface area contributed by atoms with Crippen molar-refractivity contribution in [2.24, 2.45) is 11.3 Å². The molecule has 0 spiro atoms. The van der Waals surface area contributed by atoms with Crippen LogP contribution in [0.3, 0.4) is 0 Å². The summed E-state index contributed by atoms with van der Waals surface area (Å²) in [5.74, 6) is 0.816. The quantitative estimate of drug-likeness (QED) is 0.720. The zero-order valence-corrected chi connectivity index (χ0v) is 14.1. The minimum atomic E-state index is 0.281. The molecule has 1 heteroatoms. The van der Waals surface area contributed by atoms with E-state index in [1.807, 2.05) is 0 Å². The Morgan fingerprint density at radius 1 is 0.952 bits per heavy atom. The van der Waals surface area contributed by atoms with Crippen molar-refractivity contribution in [1.29, 1.82) is 0 Å². The van der Waals surface area contributed by atoms with Crippen LogP contribution in [0.1, 0.15) is 64.9 Å². The van der Waals surface area contributed by atoms with Gasteiger partial charge in [-0.2, -0.15) is 0 Å². The Balaban J connectivity index is 2.01. The Morgan fingerprint density at radius 3 is 2.24 bits per heavy atom. The average Bonchev–Trinajstić information content (AvgIpc) is 2.47. The van der Waals surface area contributed by atoms with Crippen LogP contribution in [0.25, 0.3) is 0 Å². The SMILES string of the molecule is CC1CC(C)(C)CC(c2ccccc2)(N2CCCCC2)C1. The van der Waals surface area contributed by atoms with E-state index in [4.69, 9.17) is 0 Å². The first-order chi connectivity index (χ1) is 10.0. The number of piperidine rings is 1. The maximum Gasteiger partial charge on any atom is 0.0468 e. The van der Waals surface area contributed by atoms with Crippen LogP contribution in [0.2, 0.25) is 0 Å². The zero-order valence-electron chi connectivity index (χ0n) is 14.1. The predicted octanol–water partition coefficient (Wildman–Crippen LogP) is 5.21. The fraction of sp³-hybridized carbons (Fsp3) is 0.700. The van der Waals surface area contributed by atoms with Gasteiger partial charge in [0, 0.05) is 5.54 Å². The van der Waals surface area contributed by atoms with Crippen LogP contribution in [0.15, 0.2) is 30.3 Å². The largest absolute Gasteiger partial charge is 0.294 e. The second-order valence-corrected chi connectivity index (χ2v) is 8.30. The van der Waals surface area contributed by atoms with Crippen LogP contribution in [-0.4, -0.2) is 18.0 Å². The van der Waals surface area contributed by atoms with Gasteiger partial charge in [0.2, 0.25) is 0 Å². The third kappa shape index (κ3) is 3.04. The molecule has 1 aromatic carbocycles. The Bertz CT molecular complexity index is 458. The van der Waals surface area contributed by atoms with Crippen molar-refractivity contribution >= 4 is 0 Å². The number of hydrogen-bond acceptors (Lipinski definition) is 1. The first kappa shape index (κ1) is 15.1. The van der Waals surface area contributed by atoms with Crippen LogP contribution in [-0.2, 0) is 5.54 Å². The van der Waals surface area contributed by atoms with Gasteiger partial charge in [-0.1, -0.05) is 57.5 Å². The minimum absolute atomic E-state index is 0.281. The number of benzene rings is 1. The van der Waals surface area contributed by atoms with Gasteiger partial charge >= 0.3 is 0 Å². The smallest absolute Gasteiger partial charge is 0.0468 e. The average molecular weight is 285 g/mol. The molecule has 2 aliphatic rings. The van der Waals surface area contributed by atoms with E-state index in [-0.39, 0.29) is 5.54 Å². The van der Waals surface area contributed by atoms with E-state index >= 15 is 0 Å². The van der Waals surface area contributed by atoms with E-state index < -0.39 is 0 Å². The molecule has 1 aliphatic heterocycles. The van der Waals surface area contributed by atoms with Crippen molar-refractivity contribution < 1.29 is 0 Å². The van der Waals surface area contributed by atoms with Crippen molar-refractivity contribution in [3.05, 3.63) is 35.9 Å². The molecule has 0 N–H and O–H groups in total. The normalized spacial score (nSPS) is 33.8. The van der Waals surface area contributed by atoms with Gasteiger partial charge in [-0.25, -0.2) is 0 Å². The molecular formula is C20H31N. The molecule has 0 amide bonds. The van der Waals surface area contributed by atoms with Gasteiger partial charge in [-0.3, -0.25) is 4.90 Å². The van der Waals surface area contributed by atoms with Gasteiger partial charge in [-0.15, -0.1) is 0 Å². The Morgan fingerprint density at radius 2 is 1.62 bits per heavy atom. The third-order valence-electron chi connectivity index (χ3n) is 5.63. The fourth-order valence-electron chi connectivity index (χ4n) is 5.24. The molecule has 1 aromatic rings. The monoisotopic (exact) mass is 285 g/mol. The molecule has 0 radical (unpaired) electrons. The zero-order chi connectivity index (χ0) is 14.9. The molecular weight excluding hydrogens is 254 g/mol. The van der Waals surface area contributed by atoms with E-state index in [1.54, 1.807) is 5.56 Å². The van der Waals surface area contributed by atoms with Crippen LogP contribution in [0.5, 0.6) is 0 Å². The Labute approximate surface area is 130 Å². The van der Waals surface area contributed by atoms with Crippen LogP contribution in [0, 0.1) is 11.3 Å². The second-order valence-electron chi connectivity index (χ2n) is 8.30. The van der Waals surface area contributed by atoms with Gasteiger partial charge in [0.25, 0.3) is 0 Å². The van der Waals surface area contributed by atoms with E-state index in [9.17, 15) is 0 Å². The highest BCUT2D eigenvalue weighted by Crippen LogP contribution is 2.52. The van der Waals surface area contributed by atoms with Gasteiger partial charge < -0.3 is 0 Å². The highest BCUT2D eigenvalue weighted by molar-refractivity contribution is 5.27. The van der Waals surface area contributed by atoms with Crippen molar-refractivity contribution in [3.63, 3.8) is 0 Å². The molecule has 2 fully saturated rings. The summed E-state index contributed by atoms with van der Waals surface area (Å²) < 4.78 is 0. The van der Waals surface area contributed by atoms with E-state index in [0.29, 0.717) is 5.41 Å². The Hall–Kier alpha value is -0.820. The molecule has 1 heterocycles. The van der Waals surface area contributed by atoms with Crippen LogP contribution < -0.4 is 0 Å². The molecule has 2 unspecified atom stereocenters. The van der Waals surface area contributed by atoms with Crippen LogP contribution >= 0.6 is 0 Å². The summed E-state index contributed by atoms with van der Waals surface area (Å²) in [5.41, 5.74) is 2.29. The lowest BCUT2D eigenvalue weighted by molar-refractivity contribution is -0.0314. The summed E-state index contributed by atoms with van der Waals surface area (Å²) in [6.45, 7) is 9.99. The molecule has 1 saturated heterocycles. The van der Waals surface area contributed by atoms with Crippen molar-refractivity contribution in [2.45, 2.75) is 64.8 Å². The summed E-state index contributed by atoms with van der Waals surface area (Å²) in [6, 6.07) is 11.4. The lowest BCUT2D eigenvalue weighted by Gasteiger charge is -2.54. The van der Waals surface area contributed by atoms with E-state index in [2.05, 4.69) is 56.0 Å². The first-order valence-corrected chi connectivity index (χ1v) is 8.82. The number of likely N-dealkylation sites (tertiary alicyclic amines) is 1. The predicted molar refractivity (Wildman–Crippen MR) is 90.3 cm³/mol. The van der Waals surface area contributed by atoms with Gasteiger partial charge in [-0.05, 0) is 62.1 Å². The van der Waals surface area contributed by atoms with Crippen molar-refractivity contribution in [3.8, 4) is 0 Å². The molecule has 116 valence electrons.